The quantitative estimate of drug-likeness (QED) is 0.620. The molecule has 112 valence electrons. The van der Waals surface area contributed by atoms with Gasteiger partial charge in [-0.25, -0.2) is 4.68 Å². The van der Waals surface area contributed by atoms with Crippen molar-refractivity contribution in [3.8, 4) is 0 Å². The minimum atomic E-state index is -0.744. The molecule has 0 bridgehead atoms. The summed E-state index contributed by atoms with van der Waals surface area (Å²) in [4.78, 5) is 11.8. The zero-order valence-electron chi connectivity index (χ0n) is 12.1. The van der Waals surface area contributed by atoms with Gasteiger partial charge in [-0.2, -0.15) is 0 Å². The second kappa shape index (κ2) is 6.53. The van der Waals surface area contributed by atoms with Gasteiger partial charge in [-0.15, -0.1) is 5.10 Å². The molecule has 1 fully saturated rings. The van der Waals surface area contributed by atoms with E-state index in [2.05, 4.69) is 20.8 Å². The molecule has 8 heteroatoms. The number of methoxy groups -OCH3 is 1. The molecule has 0 spiro atoms. The Labute approximate surface area is 122 Å². The van der Waals surface area contributed by atoms with Crippen molar-refractivity contribution in [1.29, 1.82) is 0 Å². The summed E-state index contributed by atoms with van der Waals surface area (Å²) < 4.78 is 6.73. The molecule has 0 radical (unpaired) electrons. The number of tetrazole rings is 1. The number of aromatic nitrogens is 4. The van der Waals surface area contributed by atoms with Crippen LogP contribution >= 0.6 is 11.8 Å². The number of ether oxygens (including phenoxy) is 1. The van der Waals surface area contributed by atoms with E-state index in [9.17, 15) is 4.79 Å². The lowest BCUT2D eigenvalue weighted by Gasteiger charge is -2.25. The molecule has 0 saturated heterocycles. The molecular weight excluding hydrogens is 278 g/mol. The zero-order valence-corrected chi connectivity index (χ0v) is 12.9. The SMILES string of the molecule is CNC(C)(CSc1nnnn1C1CCCC1)C(=O)OC. The van der Waals surface area contributed by atoms with Gasteiger partial charge in [0, 0.05) is 5.75 Å². The minimum absolute atomic E-state index is 0.285. The summed E-state index contributed by atoms with van der Waals surface area (Å²) in [6, 6.07) is 0.395. The van der Waals surface area contributed by atoms with Crippen molar-refractivity contribution < 1.29 is 9.53 Å². The van der Waals surface area contributed by atoms with Crippen LogP contribution < -0.4 is 5.32 Å². The molecule has 1 N–H and O–H groups in total. The van der Waals surface area contributed by atoms with Crippen LogP contribution in [-0.2, 0) is 9.53 Å². The minimum Gasteiger partial charge on any atom is -0.468 e. The summed E-state index contributed by atoms with van der Waals surface area (Å²) in [7, 11) is 3.14. The van der Waals surface area contributed by atoms with Gasteiger partial charge in [0.1, 0.15) is 5.54 Å². The number of carbonyl (C=O) groups excluding carboxylic acids is 1. The van der Waals surface area contributed by atoms with Gasteiger partial charge in [0.05, 0.1) is 13.2 Å². The van der Waals surface area contributed by atoms with Gasteiger partial charge in [0.2, 0.25) is 5.16 Å². The molecule has 2 rings (SSSR count). The van der Waals surface area contributed by atoms with Crippen LogP contribution in [0.25, 0.3) is 0 Å². The van der Waals surface area contributed by atoms with Crippen LogP contribution in [-0.4, -0.2) is 51.6 Å². The van der Waals surface area contributed by atoms with Crippen LogP contribution in [0.5, 0.6) is 0 Å². The number of hydrogen-bond donors (Lipinski definition) is 1. The van der Waals surface area contributed by atoms with Gasteiger partial charge in [-0.1, -0.05) is 24.6 Å². The number of nitrogens with zero attached hydrogens (tertiary/aromatic N) is 4. The standard InChI is InChI=1S/C12H21N5O2S/c1-12(13-2,10(18)19-3)8-20-11-14-15-16-17(11)9-6-4-5-7-9/h9,13H,4-8H2,1-3H3. The van der Waals surface area contributed by atoms with Crippen LogP contribution in [0.1, 0.15) is 38.6 Å². The average molecular weight is 299 g/mol. The van der Waals surface area contributed by atoms with Gasteiger partial charge >= 0.3 is 5.97 Å². The number of likely N-dealkylation sites (N-methyl/N-ethyl adjacent to an activating group) is 1. The Bertz CT molecular complexity index is 460. The third kappa shape index (κ3) is 3.12. The maximum absolute atomic E-state index is 11.8. The maximum Gasteiger partial charge on any atom is 0.326 e. The predicted octanol–water partition coefficient (Wildman–Crippen LogP) is 1.03. The predicted molar refractivity (Wildman–Crippen MR) is 75.5 cm³/mol. The Morgan fingerprint density at radius 1 is 1.55 bits per heavy atom. The second-order valence-corrected chi connectivity index (χ2v) is 6.15. The summed E-state index contributed by atoms with van der Waals surface area (Å²) in [6.45, 7) is 1.82. The van der Waals surface area contributed by atoms with E-state index in [-0.39, 0.29) is 5.97 Å². The number of rotatable bonds is 6. The first kappa shape index (κ1) is 15.2. The molecule has 0 aromatic carbocycles. The highest BCUT2D eigenvalue weighted by molar-refractivity contribution is 7.99. The van der Waals surface area contributed by atoms with E-state index in [1.165, 1.54) is 31.7 Å². The fraction of sp³-hybridized carbons (Fsp3) is 0.833. The Morgan fingerprint density at radius 3 is 2.85 bits per heavy atom. The normalized spacial score (nSPS) is 18.9. The van der Waals surface area contributed by atoms with E-state index in [4.69, 9.17) is 4.74 Å². The third-order valence-electron chi connectivity index (χ3n) is 3.81. The van der Waals surface area contributed by atoms with E-state index in [1.807, 2.05) is 11.6 Å². The average Bonchev–Trinajstić information content (AvgIpc) is 3.13. The zero-order chi connectivity index (χ0) is 14.6. The Hall–Kier alpha value is -1.15. The number of carbonyl (C=O) groups is 1. The fourth-order valence-corrected chi connectivity index (χ4v) is 3.42. The van der Waals surface area contributed by atoms with E-state index < -0.39 is 5.54 Å². The van der Waals surface area contributed by atoms with Crippen LogP contribution in [0.4, 0.5) is 0 Å². The van der Waals surface area contributed by atoms with Crippen LogP contribution in [0, 0.1) is 0 Å². The van der Waals surface area contributed by atoms with Crippen LogP contribution in [0.15, 0.2) is 5.16 Å². The number of thioether (sulfide) groups is 1. The molecule has 1 aromatic rings. The van der Waals surface area contributed by atoms with Crippen LogP contribution in [0.3, 0.4) is 0 Å². The Kier molecular flexibility index (Phi) is 4.98. The molecule has 1 heterocycles. The van der Waals surface area contributed by atoms with Crippen molar-refractivity contribution >= 4 is 17.7 Å². The Balaban J connectivity index is 2.03. The van der Waals surface area contributed by atoms with Crippen molar-refractivity contribution in [2.24, 2.45) is 0 Å². The van der Waals surface area contributed by atoms with Gasteiger partial charge in [0.25, 0.3) is 0 Å². The van der Waals surface area contributed by atoms with E-state index in [1.54, 1.807) is 7.05 Å². The summed E-state index contributed by atoms with van der Waals surface area (Å²) in [5, 5.41) is 15.7. The molecule has 0 aliphatic heterocycles. The highest BCUT2D eigenvalue weighted by atomic mass is 32.2. The van der Waals surface area contributed by atoms with Gasteiger partial charge in [0.15, 0.2) is 0 Å². The third-order valence-corrected chi connectivity index (χ3v) is 5.06. The first-order valence-corrected chi connectivity index (χ1v) is 7.77. The second-order valence-electron chi connectivity index (χ2n) is 5.21. The molecule has 1 atom stereocenters. The first-order chi connectivity index (χ1) is 9.60. The fourth-order valence-electron chi connectivity index (χ4n) is 2.33. The number of esters is 1. The largest absolute Gasteiger partial charge is 0.468 e. The number of nitrogens with one attached hydrogen (secondary N) is 1. The molecule has 1 unspecified atom stereocenters. The van der Waals surface area contributed by atoms with E-state index in [0.29, 0.717) is 11.8 Å². The smallest absolute Gasteiger partial charge is 0.326 e. The van der Waals surface area contributed by atoms with E-state index in [0.717, 1.165) is 18.0 Å². The maximum atomic E-state index is 11.8. The monoisotopic (exact) mass is 299 g/mol. The van der Waals surface area contributed by atoms with Crippen molar-refractivity contribution in [3.05, 3.63) is 0 Å². The summed E-state index contributed by atoms with van der Waals surface area (Å²) >= 11 is 1.48. The van der Waals surface area contributed by atoms with Gasteiger partial charge < -0.3 is 10.1 Å². The highest BCUT2D eigenvalue weighted by Gasteiger charge is 2.34. The molecule has 1 aliphatic rings. The lowest BCUT2D eigenvalue weighted by Crippen LogP contribution is -2.50. The molecule has 1 aromatic heterocycles. The highest BCUT2D eigenvalue weighted by Crippen LogP contribution is 2.32. The van der Waals surface area contributed by atoms with Gasteiger partial charge in [-0.3, -0.25) is 4.79 Å². The molecular formula is C12H21N5O2S. The van der Waals surface area contributed by atoms with E-state index >= 15 is 0 Å². The summed E-state index contributed by atoms with van der Waals surface area (Å²) in [5.74, 6) is 0.232. The van der Waals surface area contributed by atoms with Crippen molar-refractivity contribution in [3.63, 3.8) is 0 Å². The molecule has 1 aliphatic carbocycles. The Morgan fingerprint density at radius 2 is 2.25 bits per heavy atom. The first-order valence-electron chi connectivity index (χ1n) is 6.78. The number of hydrogen-bond acceptors (Lipinski definition) is 7. The summed E-state index contributed by atoms with van der Waals surface area (Å²) in [6.07, 6.45) is 4.70. The van der Waals surface area contributed by atoms with Crippen molar-refractivity contribution in [2.75, 3.05) is 19.9 Å². The molecule has 1 saturated carbocycles. The topological polar surface area (TPSA) is 81.9 Å². The van der Waals surface area contributed by atoms with Crippen molar-refractivity contribution in [2.45, 2.75) is 49.3 Å². The molecule has 7 nitrogen and oxygen atoms in total. The van der Waals surface area contributed by atoms with Crippen LogP contribution in [0.2, 0.25) is 0 Å². The molecule has 20 heavy (non-hydrogen) atoms. The molecule has 0 amide bonds. The lowest BCUT2D eigenvalue weighted by molar-refractivity contribution is -0.146. The lowest BCUT2D eigenvalue weighted by atomic mass is 10.1. The summed E-state index contributed by atoms with van der Waals surface area (Å²) in [5.41, 5.74) is -0.744. The van der Waals surface area contributed by atoms with Gasteiger partial charge in [-0.05, 0) is 37.2 Å². The van der Waals surface area contributed by atoms with Crippen molar-refractivity contribution in [1.82, 2.24) is 25.5 Å².